The van der Waals surface area contributed by atoms with Crippen molar-refractivity contribution >= 4 is 12.6 Å². The van der Waals surface area contributed by atoms with E-state index in [0.717, 1.165) is 5.75 Å². The van der Waals surface area contributed by atoms with Crippen LogP contribution in [0.2, 0.25) is 0 Å². The Morgan fingerprint density at radius 2 is 0.255 bits per heavy atom. The van der Waals surface area contributed by atoms with Crippen LogP contribution in [0.5, 0.6) is 0 Å². The molecule has 0 amide bonds. The fourth-order valence-electron chi connectivity index (χ4n) is 8.32. The lowest BCUT2D eigenvalue weighted by Gasteiger charge is -2.05. The van der Waals surface area contributed by atoms with Crippen molar-refractivity contribution in [2.75, 3.05) is 5.75 Å². The summed E-state index contributed by atoms with van der Waals surface area (Å²) >= 11 is 4.30. The molecule has 0 nitrogen and oxygen atoms in total. The van der Waals surface area contributed by atoms with Crippen molar-refractivity contribution in [2.45, 2.75) is 315 Å². The molecular weight excluding hydrogens is 633 g/mol. The van der Waals surface area contributed by atoms with Gasteiger partial charge in [0.25, 0.3) is 0 Å². The lowest BCUT2D eigenvalue weighted by Crippen LogP contribution is -1.85. The minimum atomic E-state index is 1.07. The predicted octanol–water partition coefficient (Wildman–Crippen LogP) is 19.7. The third-order valence-corrected chi connectivity index (χ3v) is 12.3. The van der Waals surface area contributed by atoms with Crippen LogP contribution in [0.15, 0.2) is 0 Å². The Morgan fingerprint density at radius 1 is 0.157 bits per heavy atom. The minimum Gasteiger partial charge on any atom is -0.179 e. The average Bonchev–Trinajstić information content (AvgIpc) is 3.14. The SMILES string of the molecule is CCCCCCCCCCCCCCCCCCCCCCCCCCCCCCCCCCCCCCCCCCCCCCCCCCS. The zero-order valence-electron chi connectivity index (χ0n) is 36.1. The van der Waals surface area contributed by atoms with E-state index >= 15 is 0 Å². The van der Waals surface area contributed by atoms with Crippen LogP contribution in [0.1, 0.15) is 315 Å². The molecule has 0 spiro atoms. The van der Waals surface area contributed by atoms with Gasteiger partial charge >= 0.3 is 0 Å². The van der Waals surface area contributed by atoms with E-state index < -0.39 is 0 Å². The molecule has 0 radical (unpaired) electrons. The maximum Gasteiger partial charge on any atom is -0.00979 e. The second-order valence-corrected chi connectivity index (χ2v) is 17.8. The Balaban J connectivity index is 3.04. The Hall–Kier alpha value is 0.350. The Bertz CT molecular complexity index is 509. The van der Waals surface area contributed by atoms with Crippen molar-refractivity contribution in [3.63, 3.8) is 0 Å². The van der Waals surface area contributed by atoms with Gasteiger partial charge in [-0.25, -0.2) is 0 Å². The van der Waals surface area contributed by atoms with E-state index in [-0.39, 0.29) is 0 Å². The van der Waals surface area contributed by atoms with Crippen molar-refractivity contribution in [3.8, 4) is 0 Å². The molecule has 0 aromatic rings. The first-order valence-corrected chi connectivity index (χ1v) is 25.7. The summed E-state index contributed by atoms with van der Waals surface area (Å²) in [4.78, 5) is 0. The Morgan fingerprint density at radius 3 is 0.353 bits per heavy atom. The summed E-state index contributed by atoms with van der Waals surface area (Å²) in [5, 5.41) is 0. The summed E-state index contributed by atoms with van der Waals surface area (Å²) < 4.78 is 0. The molecule has 51 heavy (non-hydrogen) atoms. The summed E-state index contributed by atoms with van der Waals surface area (Å²) in [6, 6.07) is 0. The molecular formula is C50H102S. The largest absolute Gasteiger partial charge is 0.179 e. The summed E-state index contributed by atoms with van der Waals surface area (Å²) in [5.41, 5.74) is 0. The van der Waals surface area contributed by atoms with E-state index in [1.54, 1.807) is 0 Å². The zero-order valence-corrected chi connectivity index (χ0v) is 37.0. The van der Waals surface area contributed by atoms with E-state index in [2.05, 4.69) is 19.6 Å². The average molecular weight is 735 g/mol. The van der Waals surface area contributed by atoms with Crippen LogP contribution in [0, 0.1) is 0 Å². The van der Waals surface area contributed by atoms with Gasteiger partial charge in [-0.05, 0) is 12.2 Å². The van der Waals surface area contributed by atoms with Crippen LogP contribution in [-0.4, -0.2) is 5.75 Å². The smallest absolute Gasteiger partial charge is 0.00979 e. The van der Waals surface area contributed by atoms with Gasteiger partial charge in [-0.15, -0.1) is 0 Å². The van der Waals surface area contributed by atoms with E-state index in [1.165, 1.54) is 308 Å². The highest BCUT2D eigenvalue weighted by molar-refractivity contribution is 7.80. The predicted molar refractivity (Wildman–Crippen MR) is 241 cm³/mol. The molecule has 0 rings (SSSR count). The Labute approximate surface area is 332 Å². The standard InChI is InChI=1S/C50H102S/c1-2-3-4-5-6-7-8-9-10-11-12-13-14-15-16-17-18-19-20-21-22-23-24-25-26-27-28-29-30-31-32-33-34-35-36-37-38-39-40-41-42-43-44-45-46-47-48-49-50-51/h51H,2-50H2,1H3. The van der Waals surface area contributed by atoms with E-state index in [1.807, 2.05) is 0 Å². The maximum atomic E-state index is 4.30. The molecule has 0 unspecified atom stereocenters. The molecule has 0 heterocycles. The number of hydrogen-bond acceptors (Lipinski definition) is 1. The molecule has 308 valence electrons. The van der Waals surface area contributed by atoms with Crippen molar-refractivity contribution in [1.82, 2.24) is 0 Å². The monoisotopic (exact) mass is 735 g/mol. The first kappa shape index (κ1) is 51.4. The molecule has 0 aliphatic carbocycles. The summed E-state index contributed by atoms with van der Waals surface area (Å²) in [5.74, 6) is 1.07. The molecule has 0 saturated heterocycles. The lowest BCUT2D eigenvalue weighted by atomic mass is 10.0. The molecule has 0 aliphatic heterocycles. The highest BCUT2D eigenvalue weighted by Gasteiger charge is 1.99. The van der Waals surface area contributed by atoms with Crippen LogP contribution in [0.3, 0.4) is 0 Å². The second kappa shape index (κ2) is 50.4. The molecule has 0 aliphatic rings. The van der Waals surface area contributed by atoms with Gasteiger partial charge in [-0.1, -0.05) is 309 Å². The number of rotatable bonds is 48. The third kappa shape index (κ3) is 50.3. The molecule has 0 fully saturated rings. The molecule has 0 bridgehead atoms. The second-order valence-electron chi connectivity index (χ2n) is 17.3. The fraction of sp³-hybridized carbons (Fsp3) is 1.00. The van der Waals surface area contributed by atoms with Gasteiger partial charge in [0.2, 0.25) is 0 Å². The topological polar surface area (TPSA) is 0 Å². The van der Waals surface area contributed by atoms with Crippen LogP contribution in [-0.2, 0) is 0 Å². The van der Waals surface area contributed by atoms with Gasteiger partial charge in [0.05, 0.1) is 0 Å². The molecule has 0 N–H and O–H groups in total. The zero-order chi connectivity index (χ0) is 36.6. The normalized spacial score (nSPS) is 11.6. The summed E-state index contributed by atoms with van der Waals surface area (Å²) in [7, 11) is 0. The number of thiol groups is 1. The van der Waals surface area contributed by atoms with Gasteiger partial charge in [0.15, 0.2) is 0 Å². The van der Waals surface area contributed by atoms with Crippen LogP contribution >= 0.6 is 12.6 Å². The van der Waals surface area contributed by atoms with Crippen molar-refractivity contribution in [3.05, 3.63) is 0 Å². The van der Waals surface area contributed by atoms with Crippen molar-refractivity contribution in [1.29, 1.82) is 0 Å². The summed E-state index contributed by atoms with van der Waals surface area (Å²) in [6.45, 7) is 2.31. The molecule has 0 aromatic heterocycles. The number of hydrogen-bond donors (Lipinski definition) is 1. The van der Waals surface area contributed by atoms with E-state index in [9.17, 15) is 0 Å². The van der Waals surface area contributed by atoms with Crippen molar-refractivity contribution < 1.29 is 0 Å². The van der Waals surface area contributed by atoms with Gasteiger partial charge in [-0.3, -0.25) is 0 Å². The van der Waals surface area contributed by atoms with E-state index in [4.69, 9.17) is 0 Å². The van der Waals surface area contributed by atoms with Crippen LogP contribution in [0.25, 0.3) is 0 Å². The fourth-order valence-corrected chi connectivity index (χ4v) is 8.54. The lowest BCUT2D eigenvalue weighted by molar-refractivity contribution is 0.508. The highest BCUT2D eigenvalue weighted by atomic mass is 32.1. The first-order valence-electron chi connectivity index (χ1n) is 25.0. The highest BCUT2D eigenvalue weighted by Crippen LogP contribution is 2.18. The van der Waals surface area contributed by atoms with E-state index in [0.29, 0.717) is 0 Å². The molecule has 0 atom stereocenters. The van der Waals surface area contributed by atoms with Gasteiger partial charge in [0.1, 0.15) is 0 Å². The van der Waals surface area contributed by atoms with Crippen molar-refractivity contribution in [2.24, 2.45) is 0 Å². The maximum absolute atomic E-state index is 4.30. The minimum absolute atomic E-state index is 1.07. The molecule has 0 aromatic carbocycles. The summed E-state index contributed by atoms with van der Waals surface area (Å²) in [6.07, 6.45) is 71.0. The van der Waals surface area contributed by atoms with Gasteiger partial charge in [-0.2, -0.15) is 12.6 Å². The number of unbranched alkanes of at least 4 members (excludes halogenated alkanes) is 47. The molecule has 0 saturated carbocycles. The van der Waals surface area contributed by atoms with Gasteiger partial charge in [0, 0.05) is 0 Å². The van der Waals surface area contributed by atoms with Gasteiger partial charge < -0.3 is 0 Å². The van der Waals surface area contributed by atoms with Crippen LogP contribution < -0.4 is 0 Å². The first-order chi connectivity index (χ1) is 25.4. The van der Waals surface area contributed by atoms with Crippen LogP contribution in [0.4, 0.5) is 0 Å². The Kier molecular flexibility index (Phi) is 50.7. The quantitative estimate of drug-likeness (QED) is 0.0467. The third-order valence-electron chi connectivity index (χ3n) is 12.0. The molecule has 1 heteroatoms.